The van der Waals surface area contributed by atoms with Crippen LogP contribution in [0, 0.1) is 0 Å². The maximum absolute atomic E-state index is 9.31. The summed E-state index contributed by atoms with van der Waals surface area (Å²) in [6, 6.07) is 1.66. The summed E-state index contributed by atoms with van der Waals surface area (Å²) in [6.07, 6.45) is 4.68. The monoisotopic (exact) mass is 165 g/mol. The average molecular weight is 165 g/mol. The van der Waals surface area contributed by atoms with Crippen molar-refractivity contribution in [3.8, 4) is 0 Å². The summed E-state index contributed by atoms with van der Waals surface area (Å²) in [4.78, 5) is 3.88. The lowest BCUT2D eigenvalue weighted by Crippen LogP contribution is -2.26. The second kappa shape index (κ2) is 2.73. The molecule has 0 amide bonds. The number of hydrogen-bond acceptors (Lipinski definition) is 4. The van der Waals surface area contributed by atoms with Crippen LogP contribution >= 0.6 is 0 Å². The van der Waals surface area contributed by atoms with Gasteiger partial charge in [-0.2, -0.15) is 0 Å². The van der Waals surface area contributed by atoms with Crippen LogP contribution in [0.15, 0.2) is 18.5 Å². The molecule has 0 spiro atoms. The predicted molar refractivity (Wildman–Crippen MR) is 41.0 cm³/mol. The molecule has 62 valence electrons. The lowest BCUT2D eigenvalue weighted by atomic mass is 10.3. The van der Waals surface area contributed by atoms with Gasteiger partial charge in [-0.3, -0.25) is 4.98 Å². The first kappa shape index (κ1) is 6.97. The van der Waals surface area contributed by atoms with Crippen molar-refractivity contribution in [1.29, 1.82) is 0 Å². The van der Waals surface area contributed by atoms with Gasteiger partial charge in [0.1, 0.15) is 0 Å². The van der Waals surface area contributed by atoms with Gasteiger partial charge in [0.2, 0.25) is 6.79 Å². The van der Waals surface area contributed by atoms with Gasteiger partial charge in [0.15, 0.2) is 0 Å². The zero-order valence-electron chi connectivity index (χ0n) is 6.23. The van der Waals surface area contributed by atoms with E-state index in [-0.39, 0.29) is 12.7 Å². The highest BCUT2D eigenvalue weighted by atomic mass is 16.7. The van der Waals surface area contributed by atoms with Gasteiger partial charge in [0.05, 0.1) is 11.5 Å². The largest absolute Gasteiger partial charge is 0.480 e. The number of rotatable bonds is 0. The van der Waals surface area contributed by atoms with Gasteiger partial charge in [0.25, 0.3) is 5.95 Å². The summed E-state index contributed by atoms with van der Waals surface area (Å²) in [6.45, 7) is 0.0283. The van der Waals surface area contributed by atoms with E-state index in [0.29, 0.717) is 10.4 Å². The van der Waals surface area contributed by atoms with Crippen LogP contribution in [0.2, 0.25) is 0 Å². The number of nitrogens with zero attached hydrogens (tertiary/aromatic N) is 1. The topological polar surface area (TPSA) is 51.6 Å². The molecule has 0 fully saturated rings. The van der Waals surface area contributed by atoms with Crippen LogP contribution < -0.4 is 10.4 Å². The van der Waals surface area contributed by atoms with Crippen molar-refractivity contribution < 1.29 is 14.6 Å². The second-order valence-electron chi connectivity index (χ2n) is 2.31. The molecule has 2 heterocycles. The Morgan fingerprint density at radius 3 is 3.33 bits per heavy atom. The minimum Gasteiger partial charge on any atom is -0.480 e. The number of hydrogen-bond donors (Lipinski definition) is 1. The Morgan fingerprint density at radius 1 is 1.50 bits per heavy atom. The van der Waals surface area contributed by atoms with Gasteiger partial charge < -0.3 is 14.6 Å². The molecular weight excluding hydrogens is 158 g/mol. The summed E-state index contributed by atoms with van der Waals surface area (Å²) in [7, 11) is 0. The molecule has 0 bridgehead atoms. The normalized spacial score (nSPS) is 14.8. The summed E-state index contributed by atoms with van der Waals surface area (Å²) in [5, 5.41) is 10.6. The van der Waals surface area contributed by atoms with Gasteiger partial charge in [-0.1, -0.05) is 0 Å². The molecular formula is C8H7NO3. The Balaban J connectivity index is 2.81. The van der Waals surface area contributed by atoms with Gasteiger partial charge in [-0.15, -0.1) is 0 Å². The van der Waals surface area contributed by atoms with Gasteiger partial charge in [-0.05, 0) is 6.07 Å². The lowest BCUT2D eigenvalue weighted by Gasteiger charge is -1.99. The molecule has 0 aromatic carbocycles. The highest BCUT2D eigenvalue weighted by Gasteiger charge is 2.00. The van der Waals surface area contributed by atoms with E-state index in [4.69, 9.17) is 9.47 Å². The van der Waals surface area contributed by atoms with Crippen molar-refractivity contribution in [1.82, 2.24) is 4.98 Å². The molecule has 12 heavy (non-hydrogen) atoms. The van der Waals surface area contributed by atoms with Crippen LogP contribution in [0.3, 0.4) is 0 Å². The third-order valence-corrected chi connectivity index (χ3v) is 1.56. The van der Waals surface area contributed by atoms with Crippen molar-refractivity contribution >= 4 is 12.2 Å². The zero-order valence-corrected chi connectivity index (χ0v) is 6.23. The first-order chi connectivity index (χ1) is 5.88. The van der Waals surface area contributed by atoms with Crippen LogP contribution in [0.1, 0.15) is 0 Å². The third-order valence-electron chi connectivity index (χ3n) is 1.56. The van der Waals surface area contributed by atoms with Crippen molar-refractivity contribution in [2.75, 3.05) is 6.79 Å². The Kier molecular flexibility index (Phi) is 1.59. The fourth-order valence-electron chi connectivity index (χ4n) is 0.987. The number of aliphatic hydroxyl groups excluding tert-OH is 1. The minimum atomic E-state index is -0.124. The second-order valence-corrected chi connectivity index (χ2v) is 2.31. The van der Waals surface area contributed by atoms with E-state index in [2.05, 4.69) is 4.98 Å². The summed E-state index contributed by atoms with van der Waals surface area (Å²) >= 11 is 0. The van der Waals surface area contributed by atoms with E-state index >= 15 is 0 Å². The fourth-order valence-corrected chi connectivity index (χ4v) is 0.987. The number of fused-ring (bicyclic) bond motifs is 1. The van der Waals surface area contributed by atoms with E-state index in [9.17, 15) is 5.11 Å². The molecule has 0 unspecified atom stereocenters. The molecule has 0 radical (unpaired) electrons. The van der Waals surface area contributed by atoms with Gasteiger partial charge in [-0.25, -0.2) is 0 Å². The quantitative estimate of drug-likeness (QED) is 0.560. The standard InChI is InChI=1S/C8H7NO3/c10-8-7-1-2-9-3-6(7)4-11-5-12-8/h1-4,10H,5H2. The van der Waals surface area contributed by atoms with Crippen molar-refractivity contribution in [3.05, 3.63) is 28.9 Å². The molecule has 1 N–H and O–H groups in total. The maximum atomic E-state index is 9.31. The lowest BCUT2D eigenvalue weighted by molar-refractivity contribution is 0.0457. The molecule has 0 atom stereocenters. The summed E-state index contributed by atoms with van der Waals surface area (Å²) in [5.41, 5.74) is 0. The van der Waals surface area contributed by atoms with Crippen molar-refractivity contribution in [2.24, 2.45) is 0 Å². The Labute approximate surface area is 68.4 Å². The zero-order chi connectivity index (χ0) is 8.39. The molecule has 0 saturated carbocycles. The third kappa shape index (κ3) is 1.07. The first-order valence-electron chi connectivity index (χ1n) is 3.46. The van der Waals surface area contributed by atoms with Crippen LogP contribution in [0.25, 0.3) is 12.2 Å². The average Bonchev–Trinajstić information content (AvgIpc) is 2.29. The molecule has 1 aromatic heterocycles. The van der Waals surface area contributed by atoms with Crippen LogP contribution in [0.5, 0.6) is 0 Å². The molecule has 4 heteroatoms. The Bertz CT molecular complexity index is 399. The minimum absolute atomic E-state index is 0.0283. The predicted octanol–water partition coefficient (Wildman–Crippen LogP) is -0.552. The van der Waals surface area contributed by atoms with Crippen molar-refractivity contribution in [3.63, 3.8) is 0 Å². The Hall–Kier alpha value is -1.71. The number of aliphatic hydroxyl groups is 1. The molecule has 4 nitrogen and oxygen atoms in total. The Morgan fingerprint density at radius 2 is 2.42 bits per heavy atom. The van der Waals surface area contributed by atoms with Gasteiger partial charge in [0, 0.05) is 17.6 Å². The molecule has 1 aromatic rings. The summed E-state index contributed by atoms with van der Waals surface area (Å²) < 4.78 is 9.74. The molecule has 1 aliphatic rings. The van der Waals surface area contributed by atoms with E-state index < -0.39 is 0 Å². The smallest absolute Gasteiger partial charge is 0.287 e. The molecule has 1 aliphatic heterocycles. The first-order valence-corrected chi connectivity index (χ1v) is 3.46. The van der Waals surface area contributed by atoms with Crippen molar-refractivity contribution in [2.45, 2.75) is 0 Å². The van der Waals surface area contributed by atoms with Crippen LogP contribution in [0.4, 0.5) is 0 Å². The van der Waals surface area contributed by atoms with E-state index in [1.807, 2.05) is 0 Å². The number of pyridine rings is 1. The van der Waals surface area contributed by atoms with Crippen LogP contribution in [-0.4, -0.2) is 16.9 Å². The van der Waals surface area contributed by atoms with E-state index in [1.165, 1.54) is 6.26 Å². The number of ether oxygens (including phenoxy) is 2. The molecule has 0 saturated heterocycles. The van der Waals surface area contributed by atoms with Gasteiger partial charge >= 0.3 is 0 Å². The highest BCUT2D eigenvalue weighted by Crippen LogP contribution is 1.91. The SMILES string of the molecule is OC1=c2ccncc2=COCO1. The fraction of sp³-hybridized carbons (Fsp3) is 0.125. The highest BCUT2D eigenvalue weighted by molar-refractivity contribution is 5.30. The number of aromatic nitrogens is 1. The molecule has 0 aliphatic carbocycles. The summed E-state index contributed by atoms with van der Waals surface area (Å²) in [5.74, 6) is -0.124. The van der Waals surface area contributed by atoms with Crippen LogP contribution in [-0.2, 0) is 9.47 Å². The van der Waals surface area contributed by atoms with E-state index in [1.54, 1.807) is 18.5 Å². The van der Waals surface area contributed by atoms with E-state index in [0.717, 1.165) is 0 Å². The maximum Gasteiger partial charge on any atom is 0.287 e. The molecule has 2 rings (SSSR count).